The highest BCUT2D eigenvalue weighted by Gasteiger charge is 2.19. The van der Waals surface area contributed by atoms with Crippen molar-refractivity contribution in [2.24, 2.45) is 0 Å². The summed E-state index contributed by atoms with van der Waals surface area (Å²) < 4.78 is 52.7. The van der Waals surface area contributed by atoms with Gasteiger partial charge in [0.05, 0.1) is 13.2 Å². The molecule has 0 radical (unpaired) electrons. The molecular formula is C20H19F3O2. The summed E-state index contributed by atoms with van der Waals surface area (Å²) in [6.45, 7) is 0. The lowest BCUT2D eigenvalue weighted by Gasteiger charge is -2.16. The fourth-order valence-corrected chi connectivity index (χ4v) is 2.96. The maximum absolute atomic E-state index is 14.3. The monoisotopic (exact) mass is 348 g/mol. The van der Waals surface area contributed by atoms with Crippen LogP contribution in [0.5, 0.6) is 11.5 Å². The lowest BCUT2D eigenvalue weighted by atomic mass is 10.1. The number of hydrogen-bond acceptors (Lipinski definition) is 2. The van der Waals surface area contributed by atoms with Crippen molar-refractivity contribution < 1.29 is 22.6 Å². The van der Waals surface area contributed by atoms with Crippen LogP contribution >= 0.6 is 0 Å². The van der Waals surface area contributed by atoms with E-state index in [1.807, 2.05) is 0 Å². The summed E-state index contributed by atoms with van der Waals surface area (Å²) in [4.78, 5) is 0. The maximum Gasteiger partial charge on any atom is 0.163 e. The van der Waals surface area contributed by atoms with Gasteiger partial charge in [-0.2, -0.15) is 0 Å². The molecule has 0 amide bonds. The summed E-state index contributed by atoms with van der Waals surface area (Å²) in [5.74, 6) is -1.22. The molecule has 25 heavy (non-hydrogen) atoms. The second kappa shape index (κ2) is 7.64. The van der Waals surface area contributed by atoms with E-state index < -0.39 is 17.5 Å². The smallest absolute Gasteiger partial charge is 0.163 e. The SMILES string of the molecule is COc1cc(F)c(C=Cc2c(F)cccc2F)cc1OC1CCCC1. The first-order valence-electron chi connectivity index (χ1n) is 8.25. The van der Waals surface area contributed by atoms with Gasteiger partial charge in [0.25, 0.3) is 0 Å². The molecule has 1 aliphatic rings. The molecule has 0 aromatic heterocycles. The largest absolute Gasteiger partial charge is 0.493 e. The Bertz CT molecular complexity index is 761. The molecule has 0 bridgehead atoms. The van der Waals surface area contributed by atoms with Crippen LogP contribution in [0.1, 0.15) is 36.8 Å². The molecule has 132 valence electrons. The lowest BCUT2D eigenvalue weighted by molar-refractivity contribution is 0.200. The first kappa shape index (κ1) is 17.4. The van der Waals surface area contributed by atoms with Crippen LogP contribution in [0.3, 0.4) is 0 Å². The highest BCUT2D eigenvalue weighted by molar-refractivity contribution is 5.71. The molecule has 2 nitrogen and oxygen atoms in total. The zero-order chi connectivity index (χ0) is 17.8. The predicted octanol–water partition coefficient (Wildman–Crippen LogP) is 5.60. The molecule has 1 aliphatic carbocycles. The molecule has 2 aromatic carbocycles. The molecule has 5 heteroatoms. The van der Waals surface area contributed by atoms with E-state index >= 15 is 0 Å². The van der Waals surface area contributed by atoms with Gasteiger partial charge in [-0.1, -0.05) is 12.1 Å². The molecular weight excluding hydrogens is 329 g/mol. The first-order valence-corrected chi connectivity index (χ1v) is 8.25. The maximum atomic E-state index is 14.3. The van der Waals surface area contributed by atoms with Crippen molar-refractivity contribution in [1.82, 2.24) is 0 Å². The third-order valence-corrected chi connectivity index (χ3v) is 4.31. The van der Waals surface area contributed by atoms with E-state index in [-0.39, 0.29) is 17.2 Å². The lowest BCUT2D eigenvalue weighted by Crippen LogP contribution is -2.11. The molecule has 0 aliphatic heterocycles. The molecule has 0 saturated heterocycles. The Morgan fingerprint density at radius 1 is 0.920 bits per heavy atom. The Labute approximate surface area is 144 Å². The zero-order valence-corrected chi connectivity index (χ0v) is 13.9. The van der Waals surface area contributed by atoms with Gasteiger partial charge in [-0.05, 0) is 50.0 Å². The number of methoxy groups -OCH3 is 1. The average molecular weight is 348 g/mol. The number of rotatable bonds is 5. The Balaban J connectivity index is 1.91. The average Bonchev–Trinajstić information content (AvgIpc) is 3.09. The van der Waals surface area contributed by atoms with Crippen LogP contribution in [0.2, 0.25) is 0 Å². The summed E-state index contributed by atoms with van der Waals surface area (Å²) in [7, 11) is 1.44. The van der Waals surface area contributed by atoms with Gasteiger partial charge < -0.3 is 9.47 Å². The Kier molecular flexibility index (Phi) is 5.31. The Hall–Kier alpha value is -2.43. The van der Waals surface area contributed by atoms with Crippen LogP contribution < -0.4 is 9.47 Å². The minimum atomic E-state index is -0.701. The predicted molar refractivity (Wildman–Crippen MR) is 91.1 cm³/mol. The van der Waals surface area contributed by atoms with Crippen LogP contribution in [-0.2, 0) is 0 Å². The van der Waals surface area contributed by atoms with Gasteiger partial charge in [-0.3, -0.25) is 0 Å². The second-order valence-corrected chi connectivity index (χ2v) is 6.02. The second-order valence-electron chi connectivity index (χ2n) is 6.02. The van der Waals surface area contributed by atoms with Crippen LogP contribution in [0.25, 0.3) is 12.2 Å². The molecule has 0 atom stereocenters. The molecule has 1 fully saturated rings. The van der Waals surface area contributed by atoms with E-state index in [9.17, 15) is 13.2 Å². The van der Waals surface area contributed by atoms with E-state index in [0.717, 1.165) is 37.8 Å². The van der Waals surface area contributed by atoms with Crippen molar-refractivity contribution in [2.75, 3.05) is 7.11 Å². The van der Waals surface area contributed by atoms with Crippen LogP contribution in [0, 0.1) is 17.5 Å². The van der Waals surface area contributed by atoms with Crippen molar-refractivity contribution in [2.45, 2.75) is 31.8 Å². The first-order chi connectivity index (χ1) is 12.1. The highest BCUT2D eigenvalue weighted by Crippen LogP contribution is 2.34. The molecule has 0 N–H and O–H groups in total. The van der Waals surface area contributed by atoms with Crippen molar-refractivity contribution >= 4 is 12.2 Å². The number of hydrogen-bond donors (Lipinski definition) is 0. The molecule has 3 rings (SSSR count). The fourth-order valence-electron chi connectivity index (χ4n) is 2.96. The molecule has 2 aromatic rings. The standard InChI is InChI=1S/C20H19F3O2/c1-24-19-12-18(23)13(11-20(19)25-14-5-2-3-6-14)9-10-15-16(21)7-4-8-17(15)22/h4,7-12,14H,2-3,5-6H2,1H3. The fraction of sp³-hybridized carbons (Fsp3) is 0.300. The van der Waals surface area contributed by atoms with E-state index in [2.05, 4.69) is 0 Å². The van der Waals surface area contributed by atoms with E-state index in [1.54, 1.807) is 0 Å². The summed E-state index contributed by atoms with van der Waals surface area (Å²) in [5.41, 5.74) is -0.0348. The van der Waals surface area contributed by atoms with Gasteiger partial charge >= 0.3 is 0 Å². The van der Waals surface area contributed by atoms with Gasteiger partial charge in [0, 0.05) is 17.2 Å². The van der Waals surface area contributed by atoms with Crippen molar-refractivity contribution in [3.63, 3.8) is 0 Å². The van der Waals surface area contributed by atoms with Gasteiger partial charge in [-0.15, -0.1) is 0 Å². The summed E-state index contributed by atoms with van der Waals surface area (Å²) >= 11 is 0. The van der Waals surface area contributed by atoms with Crippen LogP contribution in [0.4, 0.5) is 13.2 Å². The minimum Gasteiger partial charge on any atom is -0.493 e. The number of halogens is 3. The Morgan fingerprint density at radius 3 is 2.24 bits per heavy atom. The van der Waals surface area contributed by atoms with Gasteiger partial charge in [0.2, 0.25) is 0 Å². The van der Waals surface area contributed by atoms with Crippen LogP contribution in [0.15, 0.2) is 30.3 Å². The van der Waals surface area contributed by atoms with Crippen molar-refractivity contribution in [3.05, 3.63) is 58.9 Å². The van der Waals surface area contributed by atoms with Crippen LogP contribution in [-0.4, -0.2) is 13.2 Å². The Morgan fingerprint density at radius 2 is 1.60 bits per heavy atom. The topological polar surface area (TPSA) is 18.5 Å². The highest BCUT2D eigenvalue weighted by atomic mass is 19.1. The quantitative estimate of drug-likeness (QED) is 0.655. The summed E-state index contributed by atoms with van der Waals surface area (Å²) in [5, 5.41) is 0. The third-order valence-electron chi connectivity index (χ3n) is 4.31. The summed E-state index contributed by atoms with van der Waals surface area (Å²) in [6, 6.07) is 6.32. The minimum absolute atomic E-state index is 0.0835. The van der Waals surface area contributed by atoms with Gasteiger partial charge in [-0.25, -0.2) is 13.2 Å². The molecule has 1 saturated carbocycles. The molecule has 0 spiro atoms. The van der Waals surface area contributed by atoms with E-state index in [1.165, 1.54) is 37.5 Å². The summed E-state index contributed by atoms with van der Waals surface area (Å²) in [6.07, 6.45) is 6.74. The van der Waals surface area contributed by atoms with Crippen molar-refractivity contribution in [1.29, 1.82) is 0 Å². The van der Waals surface area contributed by atoms with E-state index in [0.29, 0.717) is 11.5 Å². The van der Waals surface area contributed by atoms with Gasteiger partial charge in [0.15, 0.2) is 11.5 Å². The molecule has 0 heterocycles. The number of benzene rings is 2. The molecule has 0 unspecified atom stereocenters. The zero-order valence-electron chi connectivity index (χ0n) is 13.9. The number of ether oxygens (including phenoxy) is 2. The normalized spacial score (nSPS) is 15.0. The van der Waals surface area contributed by atoms with Gasteiger partial charge in [0.1, 0.15) is 17.5 Å². The third kappa shape index (κ3) is 3.98. The van der Waals surface area contributed by atoms with Crippen molar-refractivity contribution in [3.8, 4) is 11.5 Å². The van der Waals surface area contributed by atoms with E-state index in [4.69, 9.17) is 9.47 Å².